The second-order valence-corrected chi connectivity index (χ2v) is 22.2. The third-order valence-electron chi connectivity index (χ3n) is 15.0. The highest BCUT2D eigenvalue weighted by atomic mass is 16.3. The van der Waals surface area contributed by atoms with E-state index in [4.69, 9.17) is 0 Å². The standard InChI is InChI=1S/C67H127NO3/c1-3-5-7-9-11-13-15-17-19-21-23-25-27-28-29-30-31-32-33-34-35-36-37-38-39-40-41-43-45-47-49-51-53-55-57-59-61-63-67(71)68-65(64-69)66(70)62-60-58-56-54-52-50-48-46-44-42-26-24-22-20-18-16-14-12-10-8-6-4-2/h32-33,44,46,52,54,60,62,65-66,69-70H,3-31,34-43,45,47-51,53,55-59,61,63-64H2,1-2H3,(H,68,71)/b33-32-,46-44+,54-52+,62-60+. The van der Waals surface area contributed by atoms with Crippen molar-refractivity contribution in [3.05, 3.63) is 48.6 Å². The van der Waals surface area contributed by atoms with Gasteiger partial charge in [0.15, 0.2) is 0 Å². The molecule has 0 aromatic carbocycles. The van der Waals surface area contributed by atoms with E-state index >= 15 is 0 Å². The van der Waals surface area contributed by atoms with Crippen LogP contribution in [-0.4, -0.2) is 34.9 Å². The summed E-state index contributed by atoms with van der Waals surface area (Å²) in [5.74, 6) is -0.0727. The summed E-state index contributed by atoms with van der Waals surface area (Å²) < 4.78 is 0. The lowest BCUT2D eigenvalue weighted by Crippen LogP contribution is -2.45. The average Bonchev–Trinajstić information content (AvgIpc) is 3.37. The highest BCUT2D eigenvalue weighted by molar-refractivity contribution is 5.76. The molecule has 0 aliphatic carbocycles. The van der Waals surface area contributed by atoms with E-state index in [9.17, 15) is 15.0 Å². The number of carbonyl (C=O) groups is 1. The van der Waals surface area contributed by atoms with E-state index in [0.29, 0.717) is 6.42 Å². The fourth-order valence-electron chi connectivity index (χ4n) is 10.1. The topological polar surface area (TPSA) is 69.6 Å². The van der Waals surface area contributed by atoms with Crippen molar-refractivity contribution in [1.29, 1.82) is 0 Å². The van der Waals surface area contributed by atoms with Crippen LogP contribution in [0.2, 0.25) is 0 Å². The van der Waals surface area contributed by atoms with Gasteiger partial charge in [-0.05, 0) is 70.6 Å². The van der Waals surface area contributed by atoms with Crippen molar-refractivity contribution in [2.75, 3.05) is 6.61 Å². The minimum absolute atomic E-state index is 0.0727. The van der Waals surface area contributed by atoms with Crippen molar-refractivity contribution < 1.29 is 15.0 Å². The molecule has 4 nitrogen and oxygen atoms in total. The predicted molar refractivity (Wildman–Crippen MR) is 318 cm³/mol. The summed E-state index contributed by atoms with van der Waals surface area (Å²) >= 11 is 0. The van der Waals surface area contributed by atoms with Gasteiger partial charge in [0, 0.05) is 6.42 Å². The highest BCUT2D eigenvalue weighted by Gasteiger charge is 2.18. The summed E-state index contributed by atoms with van der Waals surface area (Å²) in [4.78, 5) is 12.5. The van der Waals surface area contributed by atoms with Crippen molar-refractivity contribution in [2.45, 2.75) is 366 Å². The summed E-state index contributed by atoms with van der Waals surface area (Å²) in [5, 5.41) is 23.2. The fraction of sp³-hybridized carbons (Fsp3) is 0.866. The number of hydrogen-bond acceptors (Lipinski definition) is 3. The lowest BCUT2D eigenvalue weighted by molar-refractivity contribution is -0.123. The smallest absolute Gasteiger partial charge is 0.220 e. The van der Waals surface area contributed by atoms with Gasteiger partial charge < -0.3 is 15.5 Å². The molecular formula is C67H127NO3. The molecule has 1 amide bonds. The van der Waals surface area contributed by atoms with Crippen LogP contribution in [-0.2, 0) is 4.79 Å². The summed E-state index contributed by atoms with van der Waals surface area (Å²) in [7, 11) is 0. The van der Waals surface area contributed by atoms with Crippen molar-refractivity contribution >= 4 is 5.91 Å². The molecule has 0 aliphatic heterocycles. The summed E-state index contributed by atoms with van der Waals surface area (Å²) in [5.41, 5.74) is 0. The minimum atomic E-state index is -0.871. The lowest BCUT2D eigenvalue weighted by Gasteiger charge is -2.19. The molecule has 3 N–H and O–H groups in total. The molecule has 4 heteroatoms. The molecule has 0 saturated heterocycles. The third kappa shape index (κ3) is 59.1. The van der Waals surface area contributed by atoms with Crippen LogP contribution < -0.4 is 5.32 Å². The van der Waals surface area contributed by atoms with Crippen molar-refractivity contribution in [3.63, 3.8) is 0 Å². The van der Waals surface area contributed by atoms with Gasteiger partial charge in [-0.3, -0.25) is 4.79 Å². The van der Waals surface area contributed by atoms with E-state index in [1.54, 1.807) is 6.08 Å². The molecule has 2 atom stereocenters. The SMILES string of the molecule is CCCCCCCCCCCCCC/C=C/CC/C=C/CC/C=C/C(O)C(CO)NC(=O)CCCCCCCCCCCCCCCCCCC/C=C\CCCCCCCCCCCCCCCCCC. The van der Waals surface area contributed by atoms with Gasteiger partial charge in [-0.1, -0.05) is 326 Å². The van der Waals surface area contributed by atoms with E-state index in [1.165, 1.54) is 295 Å². The van der Waals surface area contributed by atoms with Gasteiger partial charge in [-0.25, -0.2) is 0 Å². The largest absolute Gasteiger partial charge is 0.394 e. The zero-order chi connectivity index (χ0) is 51.3. The van der Waals surface area contributed by atoms with Gasteiger partial charge in [0.25, 0.3) is 0 Å². The minimum Gasteiger partial charge on any atom is -0.394 e. The first kappa shape index (κ1) is 69.3. The van der Waals surface area contributed by atoms with Gasteiger partial charge in [0.2, 0.25) is 5.91 Å². The number of unbranched alkanes of at least 4 members (excludes halogenated alkanes) is 47. The highest BCUT2D eigenvalue weighted by Crippen LogP contribution is 2.18. The number of allylic oxidation sites excluding steroid dienone is 7. The number of rotatable bonds is 60. The van der Waals surface area contributed by atoms with Gasteiger partial charge in [0.05, 0.1) is 18.8 Å². The molecule has 418 valence electrons. The summed E-state index contributed by atoms with van der Waals surface area (Å²) in [6.07, 6.45) is 87.5. The number of aliphatic hydroxyl groups excluding tert-OH is 2. The van der Waals surface area contributed by atoms with E-state index in [1.807, 2.05) is 6.08 Å². The summed E-state index contributed by atoms with van der Waals surface area (Å²) in [6.45, 7) is 4.33. The first-order valence-electron chi connectivity index (χ1n) is 32.4. The van der Waals surface area contributed by atoms with Crippen LogP contribution in [0, 0.1) is 0 Å². The molecule has 0 bridgehead atoms. The average molecular weight is 995 g/mol. The van der Waals surface area contributed by atoms with Gasteiger partial charge in [-0.2, -0.15) is 0 Å². The Balaban J connectivity index is 3.46. The van der Waals surface area contributed by atoms with Crippen molar-refractivity contribution in [3.8, 4) is 0 Å². The van der Waals surface area contributed by atoms with E-state index in [2.05, 4.69) is 55.6 Å². The third-order valence-corrected chi connectivity index (χ3v) is 15.0. The molecule has 0 spiro atoms. The molecule has 0 aliphatic rings. The number of amides is 1. The quantitative estimate of drug-likeness (QED) is 0.0420. The Hall–Kier alpha value is -1.65. The van der Waals surface area contributed by atoms with Crippen molar-refractivity contribution in [1.82, 2.24) is 5.32 Å². The molecule has 0 aromatic heterocycles. The van der Waals surface area contributed by atoms with Crippen LogP contribution in [0.5, 0.6) is 0 Å². The molecule has 0 rings (SSSR count). The molecule has 0 heterocycles. The molecule has 0 fully saturated rings. The Morgan fingerprint density at radius 3 is 0.817 bits per heavy atom. The van der Waals surface area contributed by atoms with Gasteiger partial charge in [-0.15, -0.1) is 0 Å². The summed E-state index contributed by atoms with van der Waals surface area (Å²) in [6, 6.07) is -0.646. The van der Waals surface area contributed by atoms with Crippen molar-refractivity contribution in [2.24, 2.45) is 0 Å². The Morgan fingerprint density at radius 2 is 0.549 bits per heavy atom. The number of aliphatic hydroxyl groups is 2. The molecule has 0 aromatic rings. The Morgan fingerprint density at radius 1 is 0.324 bits per heavy atom. The maximum absolute atomic E-state index is 12.5. The zero-order valence-electron chi connectivity index (χ0n) is 48.3. The van der Waals surface area contributed by atoms with E-state index in [-0.39, 0.29) is 12.5 Å². The van der Waals surface area contributed by atoms with Crippen LogP contribution >= 0.6 is 0 Å². The van der Waals surface area contributed by atoms with Crippen LogP contribution in [0.15, 0.2) is 48.6 Å². The second-order valence-electron chi connectivity index (χ2n) is 22.2. The van der Waals surface area contributed by atoms with Crippen LogP contribution in [0.3, 0.4) is 0 Å². The Kier molecular flexibility index (Phi) is 61.2. The molecular weight excluding hydrogens is 867 g/mol. The Bertz CT molecular complexity index is 1130. The molecule has 71 heavy (non-hydrogen) atoms. The first-order chi connectivity index (χ1) is 35.2. The fourth-order valence-corrected chi connectivity index (χ4v) is 10.1. The van der Waals surface area contributed by atoms with E-state index < -0.39 is 12.1 Å². The number of carbonyl (C=O) groups excluding carboxylic acids is 1. The van der Waals surface area contributed by atoms with Crippen LogP contribution in [0.4, 0.5) is 0 Å². The van der Waals surface area contributed by atoms with Crippen LogP contribution in [0.25, 0.3) is 0 Å². The number of hydrogen-bond donors (Lipinski definition) is 3. The number of nitrogens with one attached hydrogen (secondary N) is 1. The maximum atomic E-state index is 12.5. The normalized spacial score (nSPS) is 13.0. The van der Waals surface area contributed by atoms with E-state index in [0.717, 1.165) is 38.5 Å². The van der Waals surface area contributed by atoms with Gasteiger partial charge >= 0.3 is 0 Å². The maximum Gasteiger partial charge on any atom is 0.220 e. The second kappa shape index (κ2) is 62.6. The molecule has 0 radical (unpaired) electrons. The monoisotopic (exact) mass is 994 g/mol. The lowest BCUT2D eigenvalue weighted by atomic mass is 10.0. The zero-order valence-corrected chi connectivity index (χ0v) is 48.3. The molecule has 2 unspecified atom stereocenters. The van der Waals surface area contributed by atoms with Crippen LogP contribution in [0.1, 0.15) is 354 Å². The predicted octanol–water partition coefficient (Wildman–Crippen LogP) is 21.8. The Labute approximate surface area is 445 Å². The first-order valence-corrected chi connectivity index (χ1v) is 32.4. The molecule has 0 saturated carbocycles. The van der Waals surface area contributed by atoms with Gasteiger partial charge in [0.1, 0.15) is 0 Å².